The monoisotopic (exact) mass is 523 g/mol. The van der Waals surface area contributed by atoms with Crippen molar-refractivity contribution in [2.75, 3.05) is 55.7 Å². The minimum Gasteiger partial charge on any atom is -0.492 e. The highest BCUT2D eigenvalue weighted by Gasteiger charge is 2.32. The van der Waals surface area contributed by atoms with Gasteiger partial charge in [-0.2, -0.15) is 4.31 Å². The maximum atomic E-state index is 13.4. The number of piperidine rings is 1. The van der Waals surface area contributed by atoms with E-state index in [1.807, 2.05) is 19.9 Å². The van der Waals surface area contributed by atoms with Crippen molar-refractivity contribution in [1.82, 2.24) is 14.3 Å². The normalized spacial score (nSPS) is 18.1. The second-order valence-corrected chi connectivity index (χ2v) is 10.9. The van der Waals surface area contributed by atoms with Gasteiger partial charge in [0.15, 0.2) is 0 Å². The molecule has 2 aliphatic rings. The molecule has 1 aromatic carbocycles. The zero-order valence-corrected chi connectivity index (χ0v) is 21.0. The number of halogens is 1. The first-order valence-corrected chi connectivity index (χ1v) is 13.4. The number of aromatic nitrogens is 2. The van der Waals surface area contributed by atoms with E-state index in [1.54, 1.807) is 18.2 Å². The third kappa shape index (κ3) is 5.02. The van der Waals surface area contributed by atoms with Gasteiger partial charge in [0, 0.05) is 49.8 Å². The smallest absolute Gasteiger partial charge is 0.246 e. The van der Waals surface area contributed by atoms with Crippen LogP contribution in [0, 0.1) is 6.92 Å². The van der Waals surface area contributed by atoms with E-state index in [0.717, 1.165) is 30.5 Å². The number of piperazine rings is 1. The number of hydrogen-bond donors (Lipinski definition) is 0. The molecule has 2 aromatic rings. The number of nitrogens with zero attached hydrogens (tertiary/aromatic N) is 5. The molecule has 32 heavy (non-hydrogen) atoms. The fourth-order valence-corrected chi connectivity index (χ4v) is 6.33. The maximum Gasteiger partial charge on any atom is 0.246 e. The molecule has 0 N–H and O–H groups in total. The number of hydrogen-bond acceptors (Lipinski definition) is 7. The van der Waals surface area contributed by atoms with E-state index in [2.05, 4.69) is 35.7 Å². The van der Waals surface area contributed by atoms with Crippen molar-refractivity contribution in [3.05, 3.63) is 34.6 Å². The Balaban J connectivity index is 1.50. The summed E-state index contributed by atoms with van der Waals surface area (Å²) in [5.41, 5.74) is 0. The van der Waals surface area contributed by atoms with Crippen molar-refractivity contribution in [3.63, 3.8) is 0 Å². The standard InChI is InChI=1S/C22H30BrN5O3S/c1-3-31-19-8-7-18(23)15-20(19)32(29,30)28-13-11-27(12-14-28)22-16-21(24-17(2)25-22)26-9-5-4-6-10-26/h7-8,15-16H,3-6,9-14H2,1-2H3. The van der Waals surface area contributed by atoms with Crippen LogP contribution < -0.4 is 14.5 Å². The first kappa shape index (κ1) is 23.3. The summed E-state index contributed by atoms with van der Waals surface area (Å²) in [6, 6.07) is 7.15. The van der Waals surface area contributed by atoms with Crippen molar-refractivity contribution in [3.8, 4) is 5.75 Å². The Morgan fingerprint density at radius 1 is 0.938 bits per heavy atom. The summed E-state index contributed by atoms with van der Waals surface area (Å²) in [6.07, 6.45) is 3.65. The van der Waals surface area contributed by atoms with Crippen LogP contribution in [0.25, 0.3) is 0 Å². The van der Waals surface area contributed by atoms with E-state index in [1.165, 1.54) is 23.6 Å². The number of benzene rings is 1. The molecule has 3 heterocycles. The molecular formula is C22H30BrN5O3S. The van der Waals surface area contributed by atoms with Gasteiger partial charge in [-0.25, -0.2) is 18.4 Å². The highest BCUT2D eigenvalue weighted by Crippen LogP contribution is 2.31. The second kappa shape index (κ2) is 9.93. The zero-order chi connectivity index (χ0) is 22.7. The Bertz CT molecular complexity index is 1050. The van der Waals surface area contributed by atoms with Crippen LogP contribution >= 0.6 is 15.9 Å². The third-order valence-corrected chi connectivity index (χ3v) is 8.29. The van der Waals surface area contributed by atoms with Gasteiger partial charge in [-0.05, 0) is 51.3 Å². The number of sulfonamides is 1. The number of rotatable bonds is 6. The highest BCUT2D eigenvalue weighted by atomic mass is 79.9. The summed E-state index contributed by atoms with van der Waals surface area (Å²) in [6.45, 7) is 8.15. The fourth-order valence-electron chi connectivity index (χ4n) is 4.24. The van der Waals surface area contributed by atoms with Crippen molar-refractivity contribution < 1.29 is 13.2 Å². The molecule has 10 heteroatoms. The fraction of sp³-hybridized carbons (Fsp3) is 0.545. The molecule has 2 saturated heterocycles. The Kier molecular flexibility index (Phi) is 7.21. The van der Waals surface area contributed by atoms with Crippen LogP contribution in [0.5, 0.6) is 5.75 Å². The minimum atomic E-state index is -3.67. The lowest BCUT2D eigenvalue weighted by Gasteiger charge is -2.35. The van der Waals surface area contributed by atoms with Gasteiger partial charge in [-0.3, -0.25) is 0 Å². The van der Waals surface area contributed by atoms with Crippen LogP contribution in [-0.4, -0.2) is 68.6 Å². The number of aryl methyl sites for hydroxylation is 1. The largest absolute Gasteiger partial charge is 0.492 e. The molecule has 2 aliphatic heterocycles. The molecule has 8 nitrogen and oxygen atoms in total. The third-order valence-electron chi connectivity index (χ3n) is 5.88. The summed E-state index contributed by atoms with van der Waals surface area (Å²) < 4.78 is 34.6. The van der Waals surface area contributed by atoms with Crippen LogP contribution in [0.4, 0.5) is 11.6 Å². The van der Waals surface area contributed by atoms with Crippen molar-refractivity contribution in [2.45, 2.75) is 38.0 Å². The Hall–Kier alpha value is -1.91. The second-order valence-electron chi connectivity index (χ2n) is 8.09. The molecule has 0 aliphatic carbocycles. The molecule has 0 spiro atoms. The van der Waals surface area contributed by atoms with Gasteiger partial charge < -0.3 is 14.5 Å². The van der Waals surface area contributed by atoms with E-state index in [0.29, 0.717) is 43.0 Å². The predicted molar refractivity (Wildman–Crippen MR) is 129 cm³/mol. The average Bonchev–Trinajstić information content (AvgIpc) is 2.80. The maximum absolute atomic E-state index is 13.4. The van der Waals surface area contributed by atoms with Gasteiger partial charge in [-0.15, -0.1) is 0 Å². The summed E-state index contributed by atoms with van der Waals surface area (Å²) >= 11 is 3.39. The van der Waals surface area contributed by atoms with Gasteiger partial charge in [0.1, 0.15) is 28.1 Å². The topological polar surface area (TPSA) is 78.9 Å². The Morgan fingerprint density at radius 2 is 1.56 bits per heavy atom. The SMILES string of the molecule is CCOc1ccc(Br)cc1S(=O)(=O)N1CCN(c2cc(N3CCCCC3)nc(C)n2)CC1. The summed E-state index contributed by atoms with van der Waals surface area (Å²) in [5, 5.41) is 0. The van der Waals surface area contributed by atoms with E-state index in [-0.39, 0.29) is 4.90 Å². The first-order chi connectivity index (χ1) is 15.4. The molecule has 0 saturated carbocycles. The van der Waals surface area contributed by atoms with Crippen LogP contribution in [0.3, 0.4) is 0 Å². The first-order valence-electron chi connectivity index (χ1n) is 11.2. The van der Waals surface area contributed by atoms with Crippen LogP contribution in [0.15, 0.2) is 33.6 Å². The quantitative estimate of drug-likeness (QED) is 0.573. The Labute approximate surface area is 198 Å². The van der Waals surface area contributed by atoms with E-state index in [9.17, 15) is 8.42 Å². The lowest BCUT2D eigenvalue weighted by molar-refractivity contribution is 0.327. The van der Waals surface area contributed by atoms with Gasteiger partial charge in [-0.1, -0.05) is 15.9 Å². The molecule has 0 bridgehead atoms. The highest BCUT2D eigenvalue weighted by molar-refractivity contribution is 9.10. The molecule has 0 atom stereocenters. The van der Waals surface area contributed by atoms with Gasteiger partial charge in [0.2, 0.25) is 10.0 Å². The van der Waals surface area contributed by atoms with Gasteiger partial charge in [0.05, 0.1) is 6.61 Å². The Morgan fingerprint density at radius 3 is 2.19 bits per heavy atom. The summed E-state index contributed by atoms with van der Waals surface area (Å²) in [4.78, 5) is 14.0. The average molecular weight is 524 g/mol. The van der Waals surface area contributed by atoms with Gasteiger partial charge >= 0.3 is 0 Å². The molecule has 4 rings (SSSR count). The lowest BCUT2D eigenvalue weighted by atomic mass is 10.1. The predicted octanol–water partition coefficient (Wildman–Crippen LogP) is 3.45. The summed E-state index contributed by atoms with van der Waals surface area (Å²) in [5.74, 6) is 2.97. The molecule has 0 radical (unpaired) electrons. The molecule has 2 fully saturated rings. The van der Waals surface area contributed by atoms with Crippen molar-refractivity contribution in [1.29, 1.82) is 0 Å². The van der Waals surface area contributed by atoms with E-state index >= 15 is 0 Å². The minimum absolute atomic E-state index is 0.201. The summed E-state index contributed by atoms with van der Waals surface area (Å²) in [7, 11) is -3.67. The molecular weight excluding hydrogens is 494 g/mol. The van der Waals surface area contributed by atoms with Crippen molar-refractivity contribution in [2.24, 2.45) is 0 Å². The molecule has 1 aromatic heterocycles. The van der Waals surface area contributed by atoms with Crippen LogP contribution in [0.2, 0.25) is 0 Å². The van der Waals surface area contributed by atoms with E-state index < -0.39 is 10.0 Å². The van der Waals surface area contributed by atoms with Crippen LogP contribution in [0.1, 0.15) is 32.0 Å². The number of ether oxygens (including phenoxy) is 1. The zero-order valence-electron chi connectivity index (χ0n) is 18.6. The van der Waals surface area contributed by atoms with Crippen molar-refractivity contribution >= 4 is 37.6 Å². The molecule has 0 amide bonds. The van der Waals surface area contributed by atoms with Crippen LogP contribution in [-0.2, 0) is 10.0 Å². The van der Waals surface area contributed by atoms with Gasteiger partial charge in [0.25, 0.3) is 0 Å². The molecule has 0 unspecified atom stereocenters. The lowest BCUT2D eigenvalue weighted by Crippen LogP contribution is -2.49. The number of anilines is 2. The van der Waals surface area contributed by atoms with E-state index in [4.69, 9.17) is 4.74 Å². The molecule has 174 valence electrons.